The van der Waals surface area contributed by atoms with Crippen LogP contribution in [0.4, 0.5) is 4.79 Å². The van der Waals surface area contributed by atoms with Crippen LogP contribution in [0.25, 0.3) is 0 Å². The van der Waals surface area contributed by atoms with Gasteiger partial charge < -0.3 is 24.1 Å². The van der Waals surface area contributed by atoms with E-state index in [-0.39, 0.29) is 24.2 Å². The Morgan fingerprint density at radius 1 is 1.22 bits per heavy atom. The predicted molar refractivity (Wildman–Crippen MR) is 99.3 cm³/mol. The molecule has 0 aromatic carbocycles. The minimum Gasteiger partial charge on any atom is -0.444 e. The second-order valence-electron chi connectivity index (χ2n) is 9.86. The van der Waals surface area contributed by atoms with Crippen molar-refractivity contribution in [3.8, 4) is 0 Å². The fraction of sp³-hybridized carbons (Fsp3) is 0.950. The van der Waals surface area contributed by atoms with Crippen LogP contribution in [0.1, 0.15) is 61.3 Å². The first-order valence-corrected chi connectivity index (χ1v) is 9.86. The molecule has 7 heteroatoms. The van der Waals surface area contributed by atoms with Gasteiger partial charge in [-0.05, 0) is 61.3 Å². The molecule has 1 spiro atoms. The summed E-state index contributed by atoms with van der Waals surface area (Å²) in [7, 11) is 1.60. The van der Waals surface area contributed by atoms with Crippen molar-refractivity contribution >= 4 is 6.09 Å². The normalized spacial score (nSPS) is 38.3. The lowest BCUT2D eigenvalue weighted by atomic mass is 9.77. The molecule has 2 heterocycles. The van der Waals surface area contributed by atoms with Crippen molar-refractivity contribution < 1.29 is 28.8 Å². The van der Waals surface area contributed by atoms with Crippen LogP contribution in [0.15, 0.2) is 0 Å². The third-order valence-electron chi connectivity index (χ3n) is 6.43. The Hall–Kier alpha value is -0.890. The zero-order chi connectivity index (χ0) is 20.4. The summed E-state index contributed by atoms with van der Waals surface area (Å²) in [6.45, 7) is 13.4. The van der Waals surface area contributed by atoms with Crippen molar-refractivity contribution in [3.05, 3.63) is 0 Å². The van der Waals surface area contributed by atoms with E-state index in [2.05, 4.69) is 0 Å². The number of hydrogen-bond acceptors (Lipinski definition) is 6. The molecule has 0 aromatic rings. The number of methoxy groups -OCH3 is 1. The summed E-state index contributed by atoms with van der Waals surface area (Å²) in [6.07, 6.45) is -0.0874. The summed E-state index contributed by atoms with van der Waals surface area (Å²) in [4.78, 5) is 14.7. The van der Waals surface area contributed by atoms with Gasteiger partial charge in [-0.1, -0.05) is 0 Å². The maximum atomic E-state index is 13.0. The summed E-state index contributed by atoms with van der Waals surface area (Å²) in [6, 6.07) is 0. The molecule has 1 N–H and O–H groups in total. The number of likely N-dealkylation sites (tertiary alicyclic amines) is 1. The van der Waals surface area contributed by atoms with Crippen molar-refractivity contribution in [2.45, 2.75) is 102 Å². The van der Waals surface area contributed by atoms with Gasteiger partial charge >= 0.3 is 6.09 Å². The molecule has 2 saturated heterocycles. The highest BCUT2D eigenvalue weighted by Gasteiger charge is 2.68. The lowest BCUT2D eigenvalue weighted by Gasteiger charge is -2.59. The SMILES string of the molecule is CO[C@@]1(C)O[C@@H]2[C@@H](C(C)O)C3(CC3)N(C(=O)OC(C)(C)C)C[C@H]2OC1(C)C. The van der Waals surface area contributed by atoms with Crippen LogP contribution < -0.4 is 0 Å². The Bertz CT molecular complexity index is 594. The number of ether oxygens (including phenoxy) is 4. The number of piperidine rings is 1. The van der Waals surface area contributed by atoms with E-state index in [1.807, 2.05) is 41.5 Å². The molecule has 0 bridgehead atoms. The minimum atomic E-state index is -0.939. The number of amides is 1. The Morgan fingerprint density at radius 2 is 1.81 bits per heavy atom. The number of fused-ring (bicyclic) bond motifs is 1. The highest BCUT2D eigenvalue weighted by atomic mass is 16.7. The number of aliphatic hydroxyl groups excluding tert-OH is 1. The third kappa shape index (κ3) is 3.37. The van der Waals surface area contributed by atoms with E-state index in [1.54, 1.807) is 18.9 Å². The molecule has 2 aliphatic heterocycles. The van der Waals surface area contributed by atoms with Crippen molar-refractivity contribution in [3.63, 3.8) is 0 Å². The summed E-state index contributed by atoms with van der Waals surface area (Å²) in [5.74, 6) is -1.21. The summed E-state index contributed by atoms with van der Waals surface area (Å²) < 4.78 is 24.1. The molecule has 3 rings (SSSR count). The zero-order valence-corrected chi connectivity index (χ0v) is 17.9. The smallest absolute Gasteiger partial charge is 0.410 e. The first kappa shape index (κ1) is 20.8. The fourth-order valence-electron chi connectivity index (χ4n) is 4.65. The van der Waals surface area contributed by atoms with Crippen LogP contribution in [0.5, 0.6) is 0 Å². The third-order valence-corrected chi connectivity index (χ3v) is 6.43. The monoisotopic (exact) mass is 385 g/mol. The van der Waals surface area contributed by atoms with E-state index in [0.29, 0.717) is 6.54 Å². The van der Waals surface area contributed by atoms with E-state index >= 15 is 0 Å². The molecule has 1 aliphatic carbocycles. The molecular weight excluding hydrogens is 350 g/mol. The molecule has 3 aliphatic rings. The van der Waals surface area contributed by atoms with Crippen LogP contribution in [-0.2, 0) is 18.9 Å². The Balaban J connectivity index is 1.95. The second-order valence-corrected chi connectivity index (χ2v) is 9.86. The van der Waals surface area contributed by atoms with Crippen molar-refractivity contribution in [1.29, 1.82) is 0 Å². The van der Waals surface area contributed by atoms with Gasteiger partial charge in [-0.3, -0.25) is 4.90 Å². The van der Waals surface area contributed by atoms with Gasteiger partial charge in [0.05, 0.1) is 24.3 Å². The number of carbonyl (C=O) groups excluding carboxylic acids is 1. The van der Waals surface area contributed by atoms with Crippen molar-refractivity contribution in [1.82, 2.24) is 4.90 Å². The largest absolute Gasteiger partial charge is 0.444 e. The highest BCUT2D eigenvalue weighted by molar-refractivity contribution is 5.70. The summed E-state index contributed by atoms with van der Waals surface area (Å²) in [5.41, 5.74) is -1.74. The number of aliphatic hydroxyl groups is 1. The van der Waals surface area contributed by atoms with E-state index < -0.39 is 28.6 Å². The van der Waals surface area contributed by atoms with Gasteiger partial charge in [0.2, 0.25) is 0 Å². The molecule has 1 unspecified atom stereocenters. The number of hydrogen-bond donors (Lipinski definition) is 1. The highest BCUT2D eigenvalue weighted by Crippen LogP contribution is 2.57. The van der Waals surface area contributed by atoms with Crippen molar-refractivity contribution in [2.75, 3.05) is 13.7 Å². The molecule has 7 nitrogen and oxygen atoms in total. The fourth-order valence-corrected chi connectivity index (χ4v) is 4.65. The molecule has 1 amide bonds. The van der Waals surface area contributed by atoms with E-state index in [1.165, 1.54) is 0 Å². The van der Waals surface area contributed by atoms with Crippen LogP contribution in [0.2, 0.25) is 0 Å². The Labute approximate surface area is 162 Å². The average Bonchev–Trinajstić information content (AvgIpc) is 3.27. The van der Waals surface area contributed by atoms with E-state index in [4.69, 9.17) is 18.9 Å². The number of nitrogens with zero attached hydrogens (tertiary/aromatic N) is 1. The zero-order valence-electron chi connectivity index (χ0n) is 17.9. The van der Waals surface area contributed by atoms with Crippen LogP contribution in [-0.4, -0.2) is 70.6 Å². The number of rotatable bonds is 2. The molecule has 156 valence electrons. The van der Waals surface area contributed by atoms with Crippen LogP contribution >= 0.6 is 0 Å². The topological polar surface area (TPSA) is 77.5 Å². The Kier molecular flexibility index (Phi) is 4.87. The van der Waals surface area contributed by atoms with Gasteiger partial charge in [0.1, 0.15) is 17.3 Å². The molecule has 0 radical (unpaired) electrons. The van der Waals surface area contributed by atoms with E-state index in [9.17, 15) is 9.90 Å². The first-order valence-electron chi connectivity index (χ1n) is 9.86. The quantitative estimate of drug-likeness (QED) is 0.787. The summed E-state index contributed by atoms with van der Waals surface area (Å²) >= 11 is 0. The Morgan fingerprint density at radius 3 is 2.26 bits per heavy atom. The van der Waals surface area contributed by atoms with Gasteiger partial charge in [-0.15, -0.1) is 0 Å². The molecule has 0 aromatic heterocycles. The molecular formula is C20H35NO6. The van der Waals surface area contributed by atoms with Gasteiger partial charge in [-0.25, -0.2) is 4.79 Å². The lowest BCUT2D eigenvalue weighted by Crippen LogP contribution is -2.73. The first-order chi connectivity index (χ1) is 12.3. The van der Waals surface area contributed by atoms with Crippen molar-refractivity contribution in [2.24, 2.45) is 5.92 Å². The van der Waals surface area contributed by atoms with Gasteiger partial charge in [0.25, 0.3) is 0 Å². The molecule has 1 saturated carbocycles. The molecule has 5 atom stereocenters. The molecule has 27 heavy (non-hydrogen) atoms. The number of carbonyl (C=O) groups is 1. The maximum absolute atomic E-state index is 13.0. The minimum absolute atomic E-state index is 0.269. The summed E-state index contributed by atoms with van der Waals surface area (Å²) in [5, 5.41) is 10.6. The van der Waals surface area contributed by atoms with Crippen LogP contribution in [0, 0.1) is 5.92 Å². The van der Waals surface area contributed by atoms with E-state index in [0.717, 1.165) is 12.8 Å². The van der Waals surface area contributed by atoms with Crippen LogP contribution in [0.3, 0.4) is 0 Å². The molecule has 3 fully saturated rings. The average molecular weight is 386 g/mol. The van der Waals surface area contributed by atoms with Gasteiger partial charge in [0, 0.05) is 13.0 Å². The lowest BCUT2D eigenvalue weighted by molar-refractivity contribution is -0.400. The standard InChI is InChI=1S/C20H35NO6/c1-12(22)14-15-13(25-18(5,6)19(7,24-8)26-15)11-21(20(14)9-10-20)16(23)27-17(2,3)4/h12-15,22H,9-11H2,1-8H3/t12?,13-,14-,15+,19+/m1/s1. The second kappa shape index (κ2) is 6.31. The predicted octanol–water partition coefficient (Wildman–Crippen LogP) is 2.69. The van der Waals surface area contributed by atoms with Gasteiger partial charge in [-0.2, -0.15) is 0 Å². The maximum Gasteiger partial charge on any atom is 0.410 e. The van der Waals surface area contributed by atoms with Gasteiger partial charge in [0.15, 0.2) is 5.79 Å².